The summed E-state index contributed by atoms with van der Waals surface area (Å²) in [7, 11) is 3.03. The second-order valence-electron chi connectivity index (χ2n) is 2.91. The number of aromatic nitrogens is 2. The molecule has 0 amide bonds. The maximum absolute atomic E-state index is 7.54. The molecule has 0 saturated heterocycles. The van der Waals surface area contributed by atoms with Crippen molar-refractivity contribution in [3.63, 3.8) is 0 Å². The van der Waals surface area contributed by atoms with Crippen molar-refractivity contribution in [3.05, 3.63) is 18.2 Å². The van der Waals surface area contributed by atoms with Crippen LogP contribution in [0.2, 0.25) is 0 Å². The lowest BCUT2D eigenvalue weighted by molar-refractivity contribution is 0.396. The molecule has 2 aromatic rings. The van der Waals surface area contributed by atoms with Gasteiger partial charge in [-0.05, 0) is 12.1 Å². The van der Waals surface area contributed by atoms with Crippen LogP contribution in [0.15, 0.2) is 18.2 Å². The Labute approximate surface area is 86.8 Å². The summed E-state index contributed by atoms with van der Waals surface area (Å²) in [5.74, 6) is 0.851. The monoisotopic (exact) mass is 204 g/mol. The van der Waals surface area contributed by atoms with Gasteiger partial charge in [0.2, 0.25) is 5.82 Å². The molecule has 5 nitrogen and oxygen atoms in total. The number of hydrogen-bond acceptors (Lipinski definition) is 4. The van der Waals surface area contributed by atoms with Gasteiger partial charge in [-0.25, -0.2) is 9.97 Å². The minimum Gasteiger partial charge on any atom is -0.494 e. The Balaban J connectivity index is 2.76. The lowest BCUT2D eigenvalue weighted by Gasteiger charge is -2.06. The molecule has 0 aliphatic rings. The van der Waals surface area contributed by atoms with Gasteiger partial charge in [-0.2, -0.15) is 0 Å². The molecular weight excluding hydrogens is 194 g/mol. The van der Waals surface area contributed by atoms with Gasteiger partial charge in [0.05, 0.1) is 19.7 Å². The number of rotatable bonds is 2. The van der Waals surface area contributed by atoms with Crippen LogP contribution < -0.4 is 15.2 Å². The maximum Gasteiger partial charge on any atom is 0.259 e. The van der Waals surface area contributed by atoms with E-state index in [1.54, 1.807) is 19.2 Å². The summed E-state index contributed by atoms with van der Waals surface area (Å²) < 4.78 is 10.1. The van der Waals surface area contributed by atoms with E-state index in [0.717, 1.165) is 0 Å². The highest BCUT2D eigenvalue weighted by atomic mass is 16.5. The minimum atomic E-state index is 0.0262. The molecule has 0 unspecified atom stereocenters. The molecule has 1 aromatic heterocycles. The predicted octanol–water partition coefficient (Wildman–Crippen LogP) is 1.56. The molecule has 0 aliphatic heterocycles. The van der Waals surface area contributed by atoms with Crippen molar-refractivity contribution >= 4 is 16.9 Å². The first-order valence-corrected chi connectivity index (χ1v) is 4.36. The van der Waals surface area contributed by atoms with E-state index in [9.17, 15) is 0 Å². The van der Waals surface area contributed by atoms with Gasteiger partial charge in [0, 0.05) is 0 Å². The molecule has 0 saturated carbocycles. The van der Waals surface area contributed by atoms with Gasteiger partial charge in [-0.1, -0.05) is 6.07 Å². The van der Waals surface area contributed by atoms with Gasteiger partial charge in [0.15, 0.2) is 0 Å². The van der Waals surface area contributed by atoms with E-state index in [-0.39, 0.29) is 11.7 Å². The number of fused-ring (bicyclic) bond motifs is 1. The molecule has 5 heteroatoms. The van der Waals surface area contributed by atoms with Crippen LogP contribution in [0.25, 0.3) is 11.0 Å². The van der Waals surface area contributed by atoms with E-state index in [1.807, 2.05) is 6.07 Å². The van der Waals surface area contributed by atoms with E-state index >= 15 is 0 Å². The number of benzene rings is 1. The highest BCUT2D eigenvalue weighted by Gasteiger charge is 2.09. The third-order valence-corrected chi connectivity index (χ3v) is 2.04. The highest BCUT2D eigenvalue weighted by molar-refractivity contribution is 5.82. The van der Waals surface area contributed by atoms with Gasteiger partial charge in [-0.3, -0.25) is 5.73 Å². The first kappa shape index (κ1) is 9.51. The standard InChI is InChI=1S/C10H10N3O2/c1-14-7-5-3-4-6-8(7)13-10(15-2)9(11)12-6/h3-5,11H,1-2H3. The van der Waals surface area contributed by atoms with Crippen molar-refractivity contribution in [1.29, 1.82) is 0 Å². The number of nitrogens with zero attached hydrogens (tertiary/aromatic N) is 2. The summed E-state index contributed by atoms with van der Waals surface area (Å²) >= 11 is 0. The van der Waals surface area contributed by atoms with Crippen LogP contribution in [0.4, 0.5) is 5.82 Å². The molecule has 0 bridgehead atoms. The van der Waals surface area contributed by atoms with Crippen LogP contribution in [0.3, 0.4) is 0 Å². The zero-order valence-electron chi connectivity index (χ0n) is 8.44. The number of ether oxygens (including phenoxy) is 2. The molecule has 1 aromatic carbocycles. The van der Waals surface area contributed by atoms with Crippen molar-refractivity contribution in [3.8, 4) is 11.6 Å². The minimum absolute atomic E-state index is 0.0262. The lowest BCUT2D eigenvalue weighted by atomic mass is 10.3. The smallest absolute Gasteiger partial charge is 0.259 e. The second kappa shape index (κ2) is 3.61. The molecule has 0 atom stereocenters. The molecule has 0 aliphatic carbocycles. The summed E-state index contributed by atoms with van der Waals surface area (Å²) in [4.78, 5) is 8.22. The van der Waals surface area contributed by atoms with Crippen LogP contribution in [0.1, 0.15) is 0 Å². The largest absolute Gasteiger partial charge is 0.494 e. The average molecular weight is 204 g/mol. The molecule has 2 rings (SSSR count). The van der Waals surface area contributed by atoms with Crippen LogP contribution in [0.5, 0.6) is 11.6 Å². The molecule has 1 radical (unpaired) electrons. The number of para-hydroxylation sites is 1. The summed E-state index contributed by atoms with van der Waals surface area (Å²) in [5, 5.41) is 0. The topological polar surface area (TPSA) is 68.0 Å². The number of methoxy groups -OCH3 is 2. The normalized spacial score (nSPS) is 10.3. The van der Waals surface area contributed by atoms with E-state index in [1.165, 1.54) is 7.11 Å². The summed E-state index contributed by atoms with van der Waals surface area (Å²) in [5.41, 5.74) is 8.77. The first-order chi connectivity index (χ1) is 7.26. The van der Waals surface area contributed by atoms with Crippen molar-refractivity contribution in [2.45, 2.75) is 0 Å². The molecule has 1 N–H and O–H groups in total. The number of nitrogens with one attached hydrogen (secondary N) is 1. The van der Waals surface area contributed by atoms with E-state index < -0.39 is 0 Å². The van der Waals surface area contributed by atoms with E-state index in [2.05, 4.69) is 9.97 Å². The Morgan fingerprint density at radius 2 is 1.93 bits per heavy atom. The Hall–Kier alpha value is -2.04. The van der Waals surface area contributed by atoms with Crippen molar-refractivity contribution in [2.24, 2.45) is 0 Å². The average Bonchev–Trinajstić information content (AvgIpc) is 2.27. The SMILES string of the molecule is COc1nc2c(OC)cccc2nc1[NH]. The quantitative estimate of drug-likeness (QED) is 0.744. The Kier molecular flexibility index (Phi) is 2.29. The summed E-state index contributed by atoms with van der Waals surface area (Å²) in [6, 6.07) is 5.38. The molecule has 77 valence electrons. The lowest BCUT2D eigenvalue weighted by Crippen LogP contribution is -1.95. The van der Waals surface area contributed by atoms with E-state index in [4.69, 9.17) is 15.2 Å². The molecular formula is C10H10N3O2. The van der Waals surface area contributed by atoms with Gasteiger partial charge < -0.3 is 9.47 Å². The van der Waals surface area contributed by atoms with Gasteiger partial charge in [-0.15, -0.1) is 0 Å². The summed E-state index contributed by atoms with van der Waals surface area (Å²) in [6.07, 6.45) is 0. The number of hydrogen-bond donors (Lipinski definition) is 0. The fraction of sp³-hybridized carbons (Fsp3) is 0.200. The van der Waals surface area contributed by atoms with Gasteiger partial charge in [0.1, 0.15) is 11.3 Å². The molecule has 1 heterocycles. The Bertz CT molecular complexity index is 499. The Morgan fingerprint density at radius 1 is 1.13 bits per heavy atom. The van der Waals surface area contributed by atoms with Gasteiger partial charge in [0.25, 0.3) is 5.88 Å². The first-order valence-electron chi connectivity index (χ1n) is 4.36. The van der Waals surface area contributed by atoms with Crippen LogP contribution in [-0.4, -0.2) is 24.2 Å². The fourth-order valence-electron chi connectivity index (χ4n) is 1.34. The molecule has 15 heavy (non-hydrogen) atoms. The van der Waals surface area contributed by atoms with Crippen molar-refractivity contribution in [2.75, 3.05) is 14.2 Å². The maximum atomic E-state index is 7.54. The Morgan fingerprint density at radius 3 is 2.60 bits per heavy atom. The third kappa shape index (κ3) is 1.52. The molecule has 0 spiro atoms. The van der Waals surface area contributed by atoms with Crippen molar-refractivity contribution < 1.29 is 9.47 Å². The van der Waals surface area contributed by atoms with Crippen molar-refractivity contribution in [1.82, 2.24) is 15.7 Å². The van der Waals surface area contributed by atoms with Crippen LogP contribution in [-0.2, 0) is 0 Å². The highest BCUT2D eigenvalue weighted by Crippen LogP contribution is 2.27. The molecule has 0 fully saturated rings. The van der Waals surface area contributed by atoms with Crippen LogP contribution in [0, 0.1) is 0 Å². The zero-order chi connectivity index (χ0) is 10.8. The summed E-state index contributed by atoms with van der Waals surface area (Å²) in [6.45, 7) is 0. The third-order valence-electron chi connectivity index (χ3n) is 2.04. The van der Waals surface area contributed by atoms with Crippen LogP contribution >= 0.6 is 0 Å². The van der Waals surface area contributed by atoms with Gasteiger partial charge >= 0.3 is 0 Å². The van der Waals surface area contributed by atoms with E-state index in [0.29, 0.717) is 16.8 Å². The zero-order valence-corrected chi connectivity index (χ0v) is 8.44. The fourth-order valence-corrected chi connectivity index (χ4v) is 1.34. The second-order valence-corrected chi connectivity index (χ2v) is 2.91. The predicted molar refractivity (Wildman–Crippen MR) is 55.4 cm³/mol.